The molecule has 90 valence electrons. The number of unbranched alkanes of at least 4 members (excludes halogenated alkanes) is 1. The minimum Gasteiger partial charge on any atom is -0.328 e. The van der Waals surface area contributed by atoms with E-state index in [-0.39, 0.29) is 0 Å². The topological polar surface area (TPSA) is 29.3 Å². The summed E-state index contributed by atoms with van der Waals surface area (Å²) >= 11 is 0. The maximum atomic E-state index is 5.75. The van der Waals surface area contributed by atoms with E-state index < -0.39 is 0 Å². The highest BCUT2D eigenvalue weighted by molar-refractivity contribution is 4.77. The Hall–Kier alpha value is -0.0800. The molecule has 2 heteroatoms. The summed E-state index contributed by atoms with van der Waals surface area (Å²) in [4.78, 5) is 2.65. The highest BCUT2D eigenvalue weighted by Gasteiger charge is 2.23. The standard InChI is InChI=1S/C13H28N2/c1-3-9-15(11-13-7-8-13)10-5-4-6-12(2)14/h12-13H,3-11,14H2,1-2H3. The maximum Gasteiger partial charge on any atom is 0.00104 e. The first-order valence-corrected chi connectivity index (χ1v) is 6.70. The van der Waals surface area contributed by atoms with Crippen LogP contribution in [0.1, 0.15) is 52.4 Å². The van der Waals surface area contributed by atoms with Crippen LogP contribution in [0.5, 0.6) is 0 Å². The Kier molecular flexibility index (Phi) is 6.26. The normalized spacial score (nSPS) is 18.4. The lowest BCUT2D eigenvalue weighted by molar-refractivity contribution is 0.256. The molecule has 0 aromatic heterocycles. The zero-order chi connectivity index (χ0) is 11.1. The van der Waals surface area contributed by atoms with Gasteiger partial charge in [0, 0.05) is 12.6 Å². The van der Waals surface area contributed by atoms with Crippen molar-refractivity contribution in [3.8, 4) is 0 Å². The average Bonchev–Trinajstić information content (AvgIpc) is 2.96. The lowest BCUT2D eigenvalue weighted by Gasteiger charge is -2.21. The second kappa shape index (κ2) is 7.24. The van der Waals surface area contributed by atoms with Gasteiger partial charge in [-0.25, -0.2) is 0 Å². The Labute approximate surface area is 95.2 Å². The molecular formula is C13H28N2. The quantitative estimate of drug-likeness (QED) is 0.595. The Bertz CT molecular complexity index is 153. The van der Waals surface area contributed by atoms with Gasteiger partial charge in [-0.1, -0.05) is 13.3 Å². The zero-order valence-corrected chi connectivity index (χ0v) is 10.5. The minimum atomic E-state index is 0.382. The molecule has 0 spiro atoms. The van der Waals surface area contributed by atoms with Crippen LogP contribution in [0.3, 0.4) is 0 Å². The number of nitrogens with two attached hydrogens (primary N) is 1. The van der Waals surface area contributed by atoms with Crippen molar-refractivity contribution < 1.29 is 0 Å². The third-order valence-corrected chi connectivity index (χ3v) is 3.14. The minimum absolute atomic E-state index is 0.382. The van der Waals surface area contributed by atoms with Crippen molar-refractivity contribution >= 4 is 0 Å². The monoisotopic (exact) mass is 212 g/mol. The summed E-state index contributed by atoms with van der Waals surface area (Å²) in [6.07, 6.45) is 8.04. The summed E-state index contributed by atoms with van der Waals surface area (Å²) in [6, 6.07) is 0.382. The molecule has 0 saturated heterocycles. The van der Waals surface area contributed by atoms with Gasteiger partial charge in [-0.2, -0.15) is 0 Å². The summed E-state index contributed by atoms with van der Waals surface area (Å²) in [5, 5.41) is 0. The Morgan fingerprint density at radius 2 is 2.00 bits per heavy atom. The van der Waals surface area contributed by atoms with Crippen LogP contribution in [0.4, 0.5) is 0 Å². The number of hydrogen-bond donors (Lipinski definition) is 1. The molecule has 1 unspecified atom stereocenters. The molecule has 15 heavy (non-hydrogen) atoms. The second-order valence-electron chi connectivity index (χ2n) is 5.22. The molecule has 1 atom stereocenters. The van der Waals surface area contributed by atoms with E-state index in [1.165, 1.54) is 58.2 Å². The molecule has 0 radical (unpaired) electrons. The van der Waals surface area contributed by atoms with Crippen LogP contribution < -0.4 is 5.73 Å². The van der Waals surface area contributed by atoms with E-state index in [1.807, 2.05) is 0 Å². The van der Waals surface area contributed by atoms with Crippen molar-refractivity contribution in [2.75, 3.05) is 19.6 Å². The summed E-state index contributed by atoms with van der Waals surface area (Å²) in [5.41, 5.74) is 5.75. The van der Waals surface area contributed by atoms with Gasteiger partial charge >= 0.3 is 0 Å². The van der Waals surface area contributed by atoms with Crippen LogP contribution in [0.15, 0.2) is 0 Å². The van der Waals surface area contributed by atoms with Gasteiger partial charge in [0.25, 0.3) is 0 Å². The van der Waals surface area contributed by atoms with E-state index in [1.54, 1.807) is 0 Å². The molecular weight excluding hydrogens is 184 g/mol. The fourth-order valence-corrected chi connectivity index (χ4v) is 2.08. The highest BCUT2D eigenvalue weighted by atomic mass is 15.1. The zero-order valence-electron chi connectivity index (χ0n) is 10.5. The van der Waals surface area contributed by atoms with Crippen LogP contribution in [0.2, 0.25) is 0 Å². The maximum absolute atomic E-state index is 5.75. The smallest absolute Gasteiger partial charge is 0.00104 e. The number of nitrogens with zero attached hydrogens (tertiary/aromatic N) is 1. The lowest BCUT2D eigenvalue weighted by atomic mass is 10.1. The SMILES string of the molecule is CCCN(CCCCC(C)N)CC1CC1. The molecule has 0 aliphatic heterocycles. The second-order valence-corrected chi connectivity index (χ2v) is 5.22. The number of hydrogen-bond acceptors (Lipinski definition) is 2. The first kappa shape index (κ1) is 13.0. The largest absolute Gasteiger partial charge is 0.328 e. The van der Waals surface area contributed by atoms with Crippen molar-refractivity contribution in [1.29, 1.82) is 0 Å². The van der Waals surface area contributed by atoms with Crippen molar-refractivity contribution in [3.05, 3.63) is 0 Å². The average molecular weight is 212 g/mol. The summed E-state index contributed by atoms with van der Waals surface area (Å²) in [6.45, 7) is 8.31. The summed E-state index contributed by atoms with van der Waals surface area (Å²) in [5.74, 6) is 1.03. The summed E-state index contributed by atoms with van der Waals surface area (Å²) < 4.78 is 0. The number of rotatable bonds is 9. The first-order chi connectivity index (χ1) is 7.22. The van der Waals surface area contributed by atoms with Gasteiger partial charge < -0.3 is 10.6 Å². The molecule has 0 heterocycles. The molecule has 0 aromatic carbocycles. The van der Waals surface area contributed by atoms with Gasteiger partial charge in [-0.3, -0.25) is 0 Å². The third kappa shape index (κ3) is 6.91. The van der Waals surface area contributed by atoms with E-state index in [4.69, 9.17) is 5.73 Å². The first-order valence-electron chi connectivity index (χ1n) is 6.70. The molecule has 0 aromatic rings. The Morgan fingerprint density at radius 3 is 2.53 bits per heavy atom. The van der Waals surface area contributed by atoms with Gasteiger partial charge in [-0.05, 0) is 58.0 Å². The van der Waals surface area contributed by atoms with E-state index >= 15 is 0 Å². The van der Waals surface area contributed by atoms with Gasteiger partial charge in [0.1, 0.15) is 0 Å². The fraction of sp³-hybridized carbons (Fsp3) is 1.00. The van der Waals surface area contributed by atoms with Crippen LogP contribution in [-0.2, 0) is 0 Å². The summed E-state index contributed by atoms with van der Waals surface area (Å²) in [7, 11) is 0. The van der Waals surface area contributed by atoms with Crippen LogP contribution in [0.25, 0.3) is 0 Å². The molecule has 0 amide bonds. The van der Waals surface area contributed by atoms with Crippen LogP contribution >= 0.6 is 0 Å². The molecule has 1 saturated carbocycles. The molecule has 2 N–H and O–H groups in total. The predicted octanol–water partition coefficient (Wildman–Crippen LogP) is 2.63. The fourth-order valence-electron chi connectivity index (χ4n) is 2.08. The molecule has 1 rings (SSSR count). The van der Waals surface area contributed by atoms with Crippen molar-refractivity contribution in [1.82, 2.24) is 4.90 Å². The van der Waals surface area contributed by atoms with Crippen LogP contribution in [0, 0.1) is 5.92 Å². The molecule has 1 aliphatic rings. The van der Waals surface area contributed by atoms with Gasteiger partial charge in [0.05, 0.1) is 0 Å². The predicted molar refractivity (Wildman–Crippen MR) is 67.0 cm³/mol. The molecule has 1 fully saturated rings. The van der Waals surface area contributed by atoms with Crippen molar-refractivity contribution in [2.45, 2.75) is 58.4 Å². The van der Waals surface area contributed by atoms with E-state index in [2.05, 4.69) is 18.7 Å². The molecule has 0 bridgehead atoms. The van der Waals surface area contributed by atoms with E-state index in [0.717, 1.165) is 5.92 Å². The molecule has 1 aliphatic carbocycles. The van der Waals surface area contributed by atoms with Gasteiger partial charge in [0.15, 0.2) is 0 Å². The Morgan fingerprint density at radius 1 is 1.27 bits per heavy atom. The van der Waals surface area contributed by atoms with Gasteiger partial charge in [-0.15, -0.1) is 0 Å². The van der Waals surface area contributed by atoms with Crippen molar-refractivity contribution in [3.63, 3.8) is 0 Å². The van der Waals surface area contributed by atoms with Crippen LogP contribution in [-0.4, -0.2) is 30.6 Å². The Balaban J connectivity index is 2.02. The third-order valence-electron chi connectivity index (χ3n) is 3.14. The van der Waals surface area contributed by atoms with Gasteiger partial charge in [0.2, 0.25) is 0 Å². The molecule has 2 nitrogen and oxygen atoms in total. The van der Waals surface area contributed by atoms with E-state index in [0.29, 0.717) is 6.04 Å². The van der Waals surface area contributed by atoms with Crippen molar-refractivity contribution in [2.24, 2.45) is 11.7 Å². The lowest BCUT2D eigenvalue weighted by Crippen LogP contribution is -2.28. The highest BCUT2D eigenvalue weighted by Crippen LogP contribution is 2.29. The van der Waals surface area contributed by atoms with E-state index in [9.17, 15) is 0 Å².